The Hall–Kier alpha value is -0.820. The van der Waals surface area contributed by atoms with E-state index in [9.17, 15) is 14.7 Å². The first-order valence-electron chi connectivity index (χ1n) is 10.2. The van der Waals surface area contributed by atoms with Gasteiger partial charge in [0.25, 0.3) is 5.60 Å². The first kappa shape index (κ1) is 20.9. The number of hydrogen-bond donors (Lipinski definition) is 1. The van der Waals surface area contributed by atoms with Gasteiger partial charge in [-0.15, -0.1) is 11.8 Å². The highest BCUT2D eigenvalue weighted by Gasteiger charge is 2.56. The minimum atomic E-state index is -1.48. The highest BCUT2D eigenvalue weighted by Crippen LogP contribution is 2.47. The van der Waals surface area contributed by atoms with E-state index >= 15 is 0 Å². The van der Waals surface area contributed by atoms with E-state index in [0.717, 1.165) is 38.5 Å². The lowest BCUT2D eigenvalue weighted by molar-refractivity contribution is -0.169. The number of esters is 2. The molecule has 2 saturated carbocycles. The zero-order chi connectivity index (χ0) is 19.3. The van der Waals surface area contributed by atoms with Crippen molar-refractivity contribution in [1.29, 1.82) is 0 Å². The van der Waals surface area contributed by atoms with Crippen LogP contribution in [0.25, 0.3) is 0 Å². The summed E-state index contributed by atoms with van der Waals surface area (Å²) in [5.41, 5.74) is -1.48. The third-order valence-electron chi connectivity index (χ3n) is 5.56. The van der Waals surface area contributed by atoms with Crippen LogP contribution in [-0.4, -0.2) is 45.5 Å². The SMILES string of the molecule is CCOC(=O)C1(CSC2CCCCC2)OC(=O)C(O)=C1SC1CCCCC1. The molecule has 0 aromatic carbocycles. The molecule has 0 aromatic heterocycles. The van der Waals surface area contributed by atoms with E-state index in [4.69, 9.17) is 9.47 Å². The van der Waals surface area contributed by atoms with Crippen LogP contribution in [0.2, 0.25) is 0 Å². The molecule has 0 aromatic rings. The maximum Gasteiger partial charge on any atom is 0.375 e. The van der Waals surface area contributed by atoms with E-state index in [0.29, 0.717) is 21.2 Å². The summed E-state index contributed by atoms with van der Waals surface area (Å²) in [6.45, 7) is 1.96. The molecule has 1 aliphatic heterocycles. The third kappa shape index (κ3) is 4.78. The van der Waals surface area contributed by atoms with E-state index in [1.54, 1.807) is 18.7 Å². The molecule has 0 radical (unpaired) electrons. The van der Waals surface area contributed by atoms with Crippen LogP contribution in [0.4, 0.5) is 0 Å². The number of hydrogen-bond acceptors (Lipinski definition) is 7. The molecule has 0 amide bonds. The first-order valence-corrected chi connectivity index (χ1v) is 12.1. The molecule has 2 fully saturated rings. The zero-order valence-corrected chi connectivity index (χ0v) is 17.7. The highest BCUT2D eigenvalue weighted by atomic mass is 32.2. The summed E-state index contributed by atoms with van der Waals surface area (Å²) in [6, 6.07) is 0. The van der Waals surface area contributed by atoms with E-state index in [-0.39, 0.29) is 6.61 Å². The Bertz CT molecular complexity index is 579. The summed E-state index contributed by atoms with van der Waals surface area (Å²) < 4.78 is 10.8. The minimum absolute atomic E-state index is 0.217. The van der Waals surface area contributed by atoms with Crippen LogP contribution < -0.4 is 0 Å². The van der Waals surface area contributed by atoms with Gasteiger partial charge in [-0.05, 0) is 32.6 Å². The molecule has 1 atom stereocenters. The van der Waals surface area contributed by atoms with Crippen LogP contribution in [-0.2, 0) is 19.1 Å². The van der Waals surface area contributed by atoms with Gasteiger partial charge < -0.3 is 14.6 Å². The summed E-state index contributed by atoms with van der Waals surface area (Å²) in [7, 11) is 0. The summed E-state index contributed by atoms with van der Waals surface area (Å²) >= 11 is 3.14. The van der Waals surface area contributed by atoms with Gasteiger partial charge in [-0.1, -0.05) is 38.5 Å². The van der Waals surface area contributed by atoms with Crippen LogP contribution in [0.3, 0.4) is 0 Å². The Morgan fingerprint density at radius 3 is 2.30 bits per heavy atom. The van der Waals surface area contributed by atoms with Crippen LogP contribution in [0.5, 0.6) is 0 Å². The molecule has 1 unspecified atom stereocenters. The minimum Gasteiger partial charge on any atom is -0.501 e. The van der Waals surface area contributed by atoms with E-state index in [1.165, 1.54) is 37.4 Å². The molecule has 7 heteroatoms. The highest BCUT2D eigenvalue weighted by molar-refractivity contribution is 8.04. The lowest BCUT2D eigenvalue weighted by Gasteiger charge is -2.32. The van der Waals surface area contributed by atoms with E-state index in [1.807, 2.05) is 0 Å². The Morgan fingerprint density at radius 1 is 1.11 bits per heavy atom. The fourth-order valence-corrected chi connectivity index (χ4v) is 7.07. The van der Waals surface area contributed by atoms with Crippen molar-refractivity contribution in [1.82, 2.24) is 0 Å². The maximum absolute atomic E-state index is 12.9. The quantitative estimate of drug-likeness (QED) is 0.603. The van der Waals surface area contributed by atoms with E-state index in [2.05, 4.69) is 0 Å². The molecule has 3 rings (SSSR count). The van der Waals surface area contributed by atoms with Crippen LogP contribution >= 0.6 is 23.5 Å². The second-order valence-corrected chi connectivity index (χ2v) is 10.2. The number of aliphatic hydroxyl groups excluding tert-OH is 1. The van der Waals surface area contributed by atoms with Crippen molar-refractivity contribution in [3.05, 3.63) is 10.7 Å². The maximum atomic E-state index is 12.9. The lowest BCUT2D eigenvalue weighted by Crippen LogP contribution is -2.45. The van der Waals surface area contributed by atoms with Gasteiger partial charge in [0.15, 0.2) is 0 Å². The summed E-state index contributed by atoms with van der Waals surface area (Å²) in [4.78, 5) is 25.5. The van der Waals surface area contributed by atoms with E-state index < -0.39 is 23.3 Å². The number of thioether (sulfide) groups is 2. The van der Waals surface area contributed by atoms with Crippen LogP contribution in [0.1, 0.15) is 71.1 Å². The second-order valence-electron chi connectivity index (χ2n) is 7.56. The average molecular weight is 415 g/mol. The van der Waals surface area contributed by atoms with Gasteiger partial charge in [-0.2, -0.15) is 11.8 Å². The van der Waals surface area contributed by atoms with Crippen molar-refractivity contribution in [2.45, 2.75) is 87.2 Å². The Kier molecular flexibility index (Phi) is 7.42. The van der Waals surface area contributed by atoms with Crippen molar-refractivity contribution in [2.24, 2.45) is 0 Å². The van der Waals surface area contributed by atoms with Gasteiger partial charge in [0, 0.05) is 16.3 Å². The first-order chi connectivity index (χ1) is 13.1. The summed E-state index contributed by atoms with van der Waals surface area (Å²) in [5.74, 6) is -1.43. The molecule has 2 aliphatic carbocycles. The molecule has 27 heavy (non-hydrogen) atoms. The Balaban J connectivity index is 1.81. The van der Waals surface area contributed by atoms with Crippen LogP contribution in [0, 0.1) is 0 Å². The summed E-state index contributed by atoms with van der Waals surface area (Å²) in [6.07, 6.45) is 11.5. The molecule has 0 spiro atoms. The number of cyclic esters (lactones) is 1. The smallest absolute Gasteiger partial charge is 0.375 e. The topological polar surface area (TPSA) is 72.8 Å². The van der Waals surface area contributed by atoms with Gasteiger partial charge in [-0.25, -0.2) is 9.59 Å². The van der Waals surface area contributed by atoms with Gasteiger partial charge in [0.05, 0.1) is 11.5 Å². The van der Waals surface area contributed by atoms with Gasteiger partial charge >= 0.3 is 11.9 Å². The molecule has 1 heterocycles. The molecule has 3 aliphatic rings. The number of rotatable bonds is 7. The number of aliphatic hydroxyl groups is 1. The Morgan fingerprint density at radius 2 is 1.70 bits per heavy atom. The van der Waals surface area contributed by atoms with Crippen molar-refractivity contribution in [3.8, 4) is 0 Å². The van der Waals surface area contributed by atoms with Crippen molar-refractivity contribution >= 4 is 35.5 Å². The standard InChI is InChI=1S/C20H30O5S2/c1-2-24-19(23)20(13-26-14-9-5-3-6-10-14)17(16(21)18(22)25-20)27-15-11-7-4-8-12-15/h14-15,21H,2-13H2,1H3. The number of ether oxygens (including phenoxy) is 2. The fourth-order valence-electron chi connectivity index (χ4n) is 4.04. The predicted molar refractivity (Wildman–Crippen MR) is 109 cm³/mol. The average Bonchev–Trinajstić information content (AvgIpc) is 2.94. The van der Waals surface area contributed by atoms with Gasteiger partial charge in [0.2, 0.25) is 5.76 Å². The van der Waals surface area contributed by atoms with Gasteiger partial charge in [0.1, 0.15) is 0 Å². The summed E-state index contributed by atoms with van der Waals surface area (Å²) in [5, 5.41) is 11.2. The van der Waals surface area contributed by atoms with Gasteiger partial charge in [-0.3, -0.25) is 0 Å². The molecule has 0 bridgehead atoms. The molecule has 5 nitrogen and oxygen atoms in total. The molecular weight excluding hydrogens is 384 g/mol. The largest absolute Gasteiger partial charge is 0.501 e. The molecule has 1 N–H and O–H groups in total. The van der Waals surface area contributed by atoms with Crippen molar-refractivity contribution in [2.75, 3.05) is 12.4 Å². The van der Waals surface area contributed by atoms with Crippen LogP contribution in [0.15, 0.2) is 10.7 Å². The monoisotopic (exact) mass is 414 g/mol. The number of carbonyl (C=O) groups excluding carboxylic acids is 2. The molecular formula is C20H30O5S2. The second kappa shape index (κ2) is 9.59. The lowest BCUT2D eigenvalue weighted by atomic mass is 10.0. The number of carbonyl (C=O) groups is 2. The molecule has 152 valence electrons. The zero-order valence-electron chi connectivity index (χ0n) is 16.0. The third-order valence-corrected chi connectivity index (χ3v) is 8.64. The Labute approximate surface area is 170 Å². The predicted octanol–water partition coefficient (Wildman–Crippen LogP) is 4.75. The fraction of sp³-hybridized carbons (Fsp3) is 0.800. The van der Waals surface area contributed by atoms with Crippen molar-refractivity contribution < 1.29 is 24.2 Å². The van der Waals surface area contributed by atoms with Crippen molar-refractivity contribution in [3.63, 3.8) is 0 Å². The molecule has 0 saturated heterocycles. The normalized spacial score (nSPS) is 27.7.